The van der Waals surface area contributed by atoms with E-state index in [2.05, 4.69) is 31.1 Å². The molecule has 0 aliphatic carbocycles. The number of nitrogens with one attached hydrogen (secondary N) is 1. The molecule has 1 unspecified atom stereocenters. The molecule has 0 amide bonds. The van der Waals surface area contributed by atoms with Gasteiger partial charge >= 0.3 is 5.97 Å². The van der Waals surface area contributed by atoms with Crippen molar-refractivity contribution < 1.29 is 9.53 Å². The molecule has 0 rings (SSSR count). The van der Waals surface area contributed by atoms with E-state index >= 15 is 0 Å². The van der Waals surface area contributed by atoms with E-state index in [4.69, 9.17) is 4.74 Å². The van der Waals surface area contributed by atoms with Gasteiger partial charge in [0.05, 0.1) is 6.61 Å². The Balaban J connectivity index is 3.83. The summed E-state index contributed by atoms with van der Waals surface area (Å²) in [6, 6.07) is 0.366. The van der Waals surface area contributed by atoms with Crippen LogP contribution in [0.3, 0.4) is 0 Å². The first kappa shape index (κ1) is 15.4. The largest absolute Gasteiger partial charge is 0.465 e. The second-order valence-electron chi connectivity index (χ2n) is 4.24. The minimum absolute atomic E-state index is 0.141. The standard InChI is InChI=1S/C12H26N2O2/c1-6-11(12(15)16-7-2)13-8-9-14(5)10(3)4/h10-11,13H,6-9H2,1-5H3. The molecule has 0 aromatic carbocycles. The zero-order chi connectivity index (χ0) is 12.6. The van der Waals surface area contributed by atoms with Crippen molar-refractivity contribution in [3.05, 3.63) is 0 Å². The maximum absolute atomic E-state index is 11.5. The fourth-order valence-corrected chi connectivity index (χ4v) is 1.31. The first-order valence-corrected chi connectivity index (χ1v) is 6.13. The van der Waals surface area contributed by atoms with Crippen LogP contribution in [0.5, 0.6) is 0 Å². The first-order valence-electron chi connectivity index (χ1n) is 6.13. The first-order chi connectivity index (χ1) is 7.52. The molecule has 96 valence electrons. The molecule has 0 heterocycles. The highest BCUT2D eigenvalue weighted by Crippen LogP contribution is 1.96. The molecule has 1 atom stereocenters. The summed E-state index contributed by atoms with van der Waals surface area (Å²) in [6.07, 6.45) is 0.768. The number of esters is 1. The van der Waals surface area contributed by atoms with Crippen molar-refractivity contribution >= 4 is 5.97 Å². The highest BCUT2D eigenvalue weighted by atomic mass is 16.5. The van der Waals surface area contributed by atoms with Crippen LogP contribution in [-0.2, 0) is 9.53 Å². The monoisotopic (exact) mass is 230 g/mol. The van der Waals surface area contributed by atoms with E-state index in [1.165, 1.54) is 0 Å². The highest BCUT2D eigenvalue weighted by Gasteiger charge is 2.16. The van der Waals surface area contributed by atoms with Gasteiger partial charge in [-0.25, -0.2) is 0 Å². The van der Waals surface area contributed by atoms with E-state index in [0.29, 0.717) is 12.6 Å². The Morgan fingerprint density at radius 1 is 1.38 bits per heavy atom. The van der Waals surface area contributed by atoms with Gasteiger partial charge in [0.2, 0.25) is 0 Å². The van der Waals surface area contributed by atoms with Crippen LogP contribution in [0.4, 0.5) is 0 Å². The maximum Gasteiger partial charge on any atom is 0.323 e. The molecule has 0 saturated heterocycles. The fraction of sp³-hybridized carbons (Fsp3) is 0.917. The summed E-state index contributed by atoms with van der Waals surface area (Å²) in [4.78, 5) is 13.7. The van der Waals surface area contributed by atoms with Crippen molar-refractivity contribution in [3.63, 3.8) is 0 Å². The van der Waals surface area contributed by atoms with Crippen LogP contribution in [-0.4, -0.2) is 49.7 Å². The van der Waals surface area contributed by atoms with Gasteiger partial charge in [0.15, 0.2) is 0 Å². The molecule has 0 spiro atoms. The lowest BCUT2D eigenvalue weighted by molar-refractivity contribution is -0.145. The lowest BCUT2D eigenvalue weighted by Crippen LogP contribution is -2.42. The summed E-state index contributed by atoms with van der Waals surface area (Å²) in [5.74, 6) is -0.141. The molecule has 0 aliphatic rings. The number of nitrogens with zero attached hydrogens (tertiary/aromatic N) is 1. The number of carbonyl (C=O) groups excluding carboxylic acids is 1. The molecular formula is C12H26N2O2. The second kappa shape index (κ2) is 8.53. The Morgan fingerprint density at radius 3 is 2.44 bits per heavy atom. The van der Waals surface area contributed by atoms with Crippen molar-refractivity contribution in [3.8, 4) is 0 Å². The van der Waals surface area contributed by atoms with E-state index in [1.54, 1.807) is 0 Å². The molecule has 0 aliphatic heterocycles. The normalized spacial score (nSPS) is 13.2. The van der Waals surface area contributed by atoms with Crippen molar-refractivity contribution in [1.29, 1.82) is 0 Å². The van der Waals surface area contributed by atoms with Crippen molar-refractivity contribution in [2.75, 3.05) is 26.7 Å². The van der Waals surface area contributed by atoms with E-state index in [0.717, 1.165) is 19.5 Å². The van der Waals surface area contributed by atoms with Crippen LogP contribution < -0.4 is 5.32 Å². The minimum Gasteiger partial charge on any atom is -0.465 e. The molecule has 0 fully saturated rings. The molecule has 4 heteroatoms. The Bertz CT molecular complexity index is 195. The number of likely N-dealkylation sites (N-methyl/N-ethyl adjacent to an activating group) is 1. The average molecular weight is 230 g/mol. The molecular weight excluding hydrogens is 204 g/mol. The van der Waals surface area contributed by atoms with Gasteiger partial charge in [0.25, 0.3) is 0 Å². The van der Waals surface area contributed by atoms with Gasteiger partial charge in [-0.1, -0.05) is 6.92 Å². The molecule has 0 radical (unpaired) electrons. The zero-order valence-corrected chi connectivity index (χ0v) is 11.2. The third kappa shape index (κ3) is 6.08. The van der Waals surface area contributed by atoms with Crippen LogP contribution in [0.2, 0.25) is 0 Å². The van der Waals surface area contributed by atoms with Crippen molar-refractivity contribution in [2.45, 2.75) is 46.2 Å². The van der Waals surface area contributed by atoms with Gasteiger partial charge in [-0.15, -0.1) is 0 Å². The van der Waals surface area contributed by atoms with E-state index < -0.39 is 0 Å². The number of rotatable bonds is 8. The quantitative estimate of drug-likeness (QED) is 0.637. The summed E-state index contributed by atoms with van der Waals surface area (Å²) in [5.41, 5.74) is 0. The minimum atomic E-state index is -0.166. The summed E-state index contributed by atoms with van der Waals surface area (Å²) >= 11 is 0. The predicted molar refractivity (Wildman–Crippen MR) is 66.5 cm³/mol. The summed E-state index contributed by atoms with van der Waals surface area (Å²) in [5, 5.41) is 3.22. The van der Waals surface area contributed by atoms with Gasteiger partial charge in [-0.05, 0) is 34.2 Å². The highest BCUT2D eigenvalue weighted by molar-refractivity contribution is 5.75. The van der Waals surface area contributed by atoms with Gasteiger partial charge in [-0.2, -0.15) is 0 Å². The third-order valence-electron chi connectivity index (χ3n) is 2.72. The Morgan fingerprint density at radius 2 is 2.00 bits per heavy atom. The van der Waals surface area contributed by atoms with E-state index in [1.807, 2.05) is 13.8 Å². The molecule has 0 bridgehead atoms. The number of hydrogen-bond acceptors (Lipinski definition) is 4. The Kier molecular flexibility index (Phi) is 8.21. The molecule has 0 saturated carbocycles. The van der Waals surface area contributed by atoms with Crippen LogP contribution in [0.1, 0.15) is 34.1 Å². The number of carbonyl (C=O) groups is 1. The zero-order valence-electron chi connectivity index (χ0n) is 11.2. The van der Waals surface area contributed by atoms with Crippen LogP contribution in [0.15, 0.2) is 0 Å². The lowest BCUT2D eigenvalue weighted by Gasteiger charge is -2.22. The smallest absolute Gasteiger partial charge is 0.323 e. The van der Waals surface area contributed by atoms with Crippen LogP contribution in [0.25, 0.3) is 0 Å². The van der Waals surface area contributed by atoms with Crippen LogP contribution in [0, 0.1) is 0 Å². The van der Waals surface area contributed by atoms with Gasteiger partial charge in [0.1, 0.15) is 6.04 Å². The van der Waals surface area contributed by atoms with Crippen molar-refractivity contribution in [2.24, 2.45) is 0 Å². The lowest BCUT2D eigenvalue weighted by atomic mass is 10.2. The summed E-state index contributed by atoms with van der Waals surface area (Å²) < 4.78 is 4.98. The summed E-state index contributed by atoms with van der Waals surface area (Å²) in [7, 11) is 2.08. The Hall–Kier alpha value is -0.610. The Labute approximate surface area is 99.3 Å². The third-order valence-corrected chi connectivity index (χ3v) is 2.72. The molecule has 1 N–H and O–H groups in total. The molecule has 0 aromatic heterocycles. The topological polar surface area (TPSA) is 41.6 Å². The predicted octanol–water partition coefficient (Wildman–Crippen LogP) is 1.26. The molecule has 4 nitrogen and oxygen atoms in total. The number of hydrogen-bond donors (Lipinski definition) is 1. The van der Waals surface area contributed by atoms with Crippen LogP contribution >= 0.6 is 0 Å². The molecule has 16 heavy (non-hydrogen) atoms. The molecule has 0 aromatic rings. The van der Waals surface area contributed by atoms with Gasteiger partial charge in [-0.3, -0.25) is 4.79 Å². The van der Waals surface area contributed by atoms with E-state index in [-0.39, 0.29) is 12.0 Å². The van der Waals surface area contributed by atoms with Gasteiger partial charge in [0, 0.05) is 19.1 Å². The fourth-order valence-electron chi connectivity index (χ4n) is 1.31. The van der Waals surface area contributed by atoms with Gasteiger partial charge < -0.3 is 15.0 Å². The van der Waals surface area contributed by atoms with Crippen molar-refractivity contribution in [1.82, 2.24) is 10.2 Å². The maximum atomic E-state index is 11.5. The summed E-state index contributed by atoms with van der Waals surface area (Å²) in [6.45, 7) is 10.3. The second-order valence-corrected chi connectivity index (χ2v) is 4.24. The SMILES string of the molecule is CCOC(=O)C(CC)NCCN(C)C(C)C. The average Bonchev–Trinajstić information content (AvgIpc) is 2.24. The number of ether oxygens (including phenoxy) is 1. The van der Waals surface area contributed by atoms with E-state index in [9.17, 15) is 4.79 Å².